The number of carboxylic acid groups (broad SMARTS) is 1. The van der Waals surface area contributed by atoms with Crippen LogP contribution in [-0.4, -0.2) is 93.3 Å². The van der Waals surface area contributed by atoms with Gasteiger partial charge in [-0.1, -0.05) is 36.4 Å². The summed E-state index contributed by atoms with van der Waals surface area (Å²) in [5, 5.41) is 35.5. The van der Waals surface area contributed by atoms with Crippen molar-refractivity contribution >= 4 is 21.9 Å². The summed E-state index contributed by atoms with van der Waals surface area (Å²) in [7, 11) is -1.21. The number of carbonyl (C=O) groups is 2. The molecular weight excluding hydrogens is 656 g/mol. The zero-order valence-electron chi connectivity index (χ0n) is 26.2. The summed E-state index contributed by atoms with van der Waals surface area (Å²) < 4.78 is 63.4. The maximum atomic E-state index is 13.1. The number of nitrogens with zero attached hydrogens (tertiary/aromatic N) is 5. The molecule has 17 heteroatoms. The molecule has 0 radical (unpaired) electrons. The van der Waals surface area contributed by atoms with Crippen LogP contribution in [0.4, 0.5) is 8.78 Å². The summed E-state index contributed by atoms with van der Waals surface area (Å²) in [6.07, 6.45) is -0.349. The number of carboxylic acids is 1. The molecule has 258 valence electrons. The van der Waals surface area contributed by atoms with Gasteiger partial charge in [-0.15, -0.1) is 0 Å². The van der Waals surface area contributed by atoms with Crippen LogP contribution >= 0.6 is 0 Å². The number of alkyl halides is 2. The van der Waals surface area contributed by atoms with Crippen LogP contribution in [0.2, 0.25) is 0 Å². The molecule has 1 aliphatic heterocycles. The van der Waals surface area contributed by atoms with Gasteiger partial charge in [0.1, 0.15) is 28.9 Å². The van der Waals surface area contributed by atoms with Crippen molar-refractivity contribution in [2.24, 2.45) is 0 Å². The van der Waals surface area contributed by atoms with Crippen LogP contribution < -0.4 is 9.47 Å². The number of rotatable bonds is 12. The van der Waals surface area contributed by atoms with Crippen molar-refractivity contribution in [3.8, 4) is 11.5 Å². The highest BCUT2D eigenvalue weighted by atomic mass is 32.2. The first kappa shape index (κ1) is 36.0. The van der Waals surface area contributed by atoms with E-state index < -0.39 is 54.0 Å². The summed E-state index contributed by atoms with van der Waals surface area (Å²) >= 11 is 0. The van der Waals surface area contributed by atoms with Crippen molar-refractivity contribution in [2.75, 3.05) is 27.4 Å². The predicted octanol–water partition coefficient (Wildman–Crippen LogP) is 2.37. The summed E-state index contributed by atoms with van der Waals surface area (Å²) in [5.41, 5.74) is 2.05. The minimum atomic E-state index is -4.16. The highest BCUT2D eigenvalue weighted by molar-refractivity contribution is 7.89. The summed E-state index contributed by atoms with van der Waals surface area (Å²) in [6, 6.07) is 13.7. The molecule has 0 saturated carbocycles. The second kappa shape index (κ2) is 15.4. The van der Waals surface area contributed by atoms with Crippen molar-refractivity contribution in [3.05, 3.63) is 89.0 Å². The Hall–Kier alpha value is -4.87. The third kappa shape index (κ3) is 7.48. The number of para-hydroxylation sites is 2. The Morgan fingerprint density at radius 2 is 1.50 bits per heavy atom. The molecule has 1 amide bonds. The number of aromatic nitrogens is 4. The summed E-state index contributed by atoms with van der Waals surface area (Å²) in [4.78, 5) is 25.2. The third-order valence-electron chi connectivity index (χ3n) is 7.75. The van der Waals surface area contributed by atoms with E-state index in [2.05, 4.69) is 10.2 Å². The number of ether oxygens (including phenoxy) is 2. The molecule has 5 rings (SSSR count). The van der Waals surface area contributed by atoms with E-state index >= 15 is 0 Å². The molecule has 0 unspecified atom stereocenters. The number of amides is 1. The largest absolute Gasteiger partial charge is 0.496 e. The van der Waals surface area contributed by atoms with Gasteiger partial charge in [0, 0.05) is 29.4 Å². The number of hydrogen-bond donors (Lipinski definition) is 3. The number of carbonyl (C=O) groups excluding carboxylic acids is 1. The second-order valence-electron chi connectivity index (χ2n) is 10.6. The Morgan fingerprint density at radius 3 is 2.00 bits per heavy atom. The van der Waals surface area contributed by atoms with Gasteiger partial charge in [-0.05, 0) is 19.1 Å². The van der Waals surface area contributed by atoms with E-state index in [-0.39, 0.29) is 29.6 Å². The van der Waals surface area contributed by atoms with E-state index in [0.29, 0.717) is 33.9 Å². The lowest BCUT2D eigenvalue weighted by Crippen LogP contribution is -2.33. The quantitative estimate of drug-likeness (QED) is 0.198. The van der Waals surface area contributed by atoms with E-state index in [1.165, 1.54) is 32.2 Å². The topological polar surface area (TPSA) is 186 Å². The first-order valence-corrected chi connectivity index (χ1v) is 15.9. The fraction of sp³-hybridized carbons (Fsp3) is 0.355. The fourth-order valence-corrected chi connectivity index (χ4v) is 6.59. The molecule has 3 heterocycles. The van der Waals surface area contributed by atoms with Gasteiger partial charge < -0.3 is 29.7 Å². The van der Waals surface area contributed by atoms with Gasteiger partial charge in [0.15, 0.2) is 0 Å². The normalized spacial score (nSPS) is 13.8. The minimum absolute atomic E-state index is 0.0615. The maximum absolute atomic E-state index is 13.1. The first-order chi connectivity index (χ1) is 22.9. The molecule has 0 aliphatic carbocycles. The molecule has 4 aromatic rings. The van der Waals surface area contributed by atoms with E-state index in [4.69, 9.17) is 19.7 Å². The average Bonchev–Trinajstić information content (AvgIpc) is 3.76. The molecule has 0 spiro atoms. The van der Waals surface area contributed by atoms with Crippen LogP contribution in [0.5, 0.6) is 11.5 Å². The van der Waals surface area contributed by atoms with Crippen LogP contribution in [0.1, 0.15) is 39.9 Å². The average molecular weight is 692 g/mol. The number of aliphatic carboxylic acids is 1. The molecule has 2 atom stereocenters. The van der Waals surface area contributed by atoms with Crippen molar-refractivity contribution < 1.29 is 51.6 Å². The van der Waals surface area contributed by atoms with Gasteiger partial charge in [0.25, 0.3) is 16.4 Å². The number of benzene rings is 2. The van der Waals surface area contributed by atoms with Crippen LogP contribution in [-0.2, 0) is 39.2 Å². The van der Waals surface area contributed by atoms with Crippen LogP contribution in [0.25, 0.3) is 0 Å². The second-order valence-corrected chi connectivity index (χ2v) is 12.4. The highest BCUT2D eigenvalue weighted by Crippen LogP contribution is 2.32. The van der Waals surface area contributed by atoms with Gasteiger partial charge in [-0.3, -0.25) is 14.3 Å². The summed E-state index contributed by atoms with van der Waals surface area (Å²) in [6.45, 7) is -0.0107. The van der Waals surface area contributed by atoms with E-state index in [1.54, 1.807) is 48.5 Å². The van der Waals surface area contributed by atoms with Crippen molar-refractivity contribution in [2.45, 2.75) is 49.7 Å². The molecule has 1 aliphatic rings. The van der Waals surface area contributed by atoms with E-state index in [0.717, 1.165) is 15.0 Å². The lowest BCUT2D eigenvalue weighted by Gasteiger charge is -2.23. The predicted molar refractivity (Wildman–Crippen MR) is 165 cm³/mol. The monoisotopic (exact) mass is 691 g/mol. The first-order valence-electron chi connectivity index (χ1n) is 14.5. The smallest absolute Gasteiger partial charge is 0.313 e. The number of hydrogen-bond acceptors (Lipinski definition) is 10. The van der Waals surface area contributed by atoms with Gasteiger partial charge >= 0.3 is 5.97 Å². The minimum Gasteiger partial charge on any atom is -0.496 e. The van der Waals surface area contributed by atoms with Gasteiger partial charge in [-0.2, -0.15) is 22.7 Å². The number of fused-ring (bicyclic) bond motifs is 1. The Balaban J connectivity index is 0.000000312. The molecular formula is C31H35F2N5O9S. The lowest BCUT2D eigenvalue weighted by molar-refractivity contribution is -0.139. The number of aliphatic hydroxyl groups is 2. The molecule has 14 nitrogen and oxygen atoms in total. The molecule has 0 saturated heterocycles. The highest BCUT2D eigenvalue weighted by Gasteiger charge is 2.35. The maximum Gasteiger partial charge on any atom is 0.313 e. The zero-order valence-corrected chi connectivity index (χ0v) is 27.0. The van der Waals surface area contributed by atoms with E-state index in [1.807, 2.05) is 0 Å². The van der Waals surface area contributed by atoms with Crippen molar-refractivity contribution in [3.63, 3.8) is 0 Å². The van der Waals surface area contributed by atoms with Gasteiger partial charge in [0.2, 0.25) is 5.91 Å². The van der Waals surface area contributed by atoms with Crippen LogP contribution in [0.15, 0.2) is 65.8 Å². The van der Waals surface area contributed by atoms with Gasteiger partial charge in [0.05, 0.1) is 57.5 Å². The van der Waals surface area contributed by atoms with Crippen molar-refractivity contribution in [1.82, 2.24) is 23.9 Å². The molecule has 3 N–H and O–H groups in total. The molecule has 0 bridgehead atoms. The third-order valence-corrected chi connectivity index (χ3v) is 9.39. The standard InChI is InChI=1S/C21H23F2N5O5S.C10H12O4/c1-13-19(7-24-27(13)11-20(22)23)34(31,32)28-9-14-8-26(10-17(14)25-28)21(30)16(12-29)15-5-3-4-6-18(15)33-2;1-14-9-5-3-2-4-7(9)8(6-11)10(12)13/h3-7,9,16,20,29H,8,10-12H2,1-2H3;2-5,8,11H,6H2,1H3,(H,12,13)/t16-;8-/m11/s1. The molecule has 2 aromatic heterocycles. The molecule has 0 fully saturated rings. The SMILES string of the molecule is COc1ccccc1[C@@H](CO)C(=O)N1Cc2cn(S(=O)(=O)c3cnn(CC(F)F)c3C)nc2C1.COc1ccccc1[C@@H](CO)C(=O)O. The Morgan fingerprint density at radius 1 is 0.938 bits per heavy atom. The number of aliphatic hydroxyl groups excluding tert-OH is 2. The summed E-state index contributed by atoms with van der Waals surface area (Å²) in [5.74, 6) is -2.22. The Kier molecular flexibility index (Phi) is 11.5. The fourth-order valence-electron chi connectivity index (χ4n) is 5.25. The van der Waals surface area contributed by atoms with Crippen LogP contribution in [0.3, 0.4) is 0 Å². The Bertz CT molecular complexity index is 1840. The molecule has 48 heavy (non-hydrogen) atoms. The number of halogens is 2. The zero-order chi connectivity index (χ0) is 35.2. The van der Waals surface area contributed by atoms with Crippen LogP contribution in [0, 0.1) is 6.92 Å². The lowest BCUT2D eigenvalue weighted by atomic mass is 9.97. The molecule has 2 aromatic carbocycles. The van der Waals surface area contributed by atoms with Crippen molar-refractivity contribution in [1.29, 1.82) is 0 Å². The number of methoxy groups -OCH3 is 2. The van der Waals surface area contributed by atoms with Gasteiger partial charge in [-0.25, -0.2) is 8.78 Å². The Labute approximate surface area is 274 Å². The van der Waals surface area contributed by atoms with E-state index in [9.17, 15) is 31.9 Å².